The van der Waals surface area contributed by atoms with Crippen LogP contribution in [0.5, 0.6) is 0 Å². The van der Waals surface area contributed by atoms with Gasteiger partial charge in [0.1, 0.15) is 10.9 Å². The van der Waals surface area contributed by atoms with Gasteiger partial charge in [0.25, 0.3) is 11.8 Å². The van der Waals surface area contributed by atoms with E-state index in [9.17, 15) is 14.4 Å². The topological polar surface area (TPSA) is 100 Å². The first-order valence-electron chi connectivity index (χ1n) is 13.9. The summed E-state index contributed by atoms with van der Waals surface area (Å²) < 4.78 is 0. The van der Waals surface area contributed by atoms with Crippen molar-refractivity contribution in [3.63, 3.8) is 0 Å². The van der Waals surface area contributed by atoms with Crippen LogP contribution in [0.15, 0.2) is 144 Å². The average Bonchev–Trinajstić information content (AvgIpc) is 3.06. The molecule has 1 atom stereocenters. The summed E-state index contributed by atoms with van der Waals surface area (Å²) >= 11 is 1.42. The molecule has 8 heteroatoms. The molecule has 0 aliphatic heterocycles. The van der Waals surface area contributed by atoms with Gasteiger partial charge >= 0.3 is 0 Å². The van der Waals surface area contributed by atoms with E-state index < -0.39 is 17.1 Å². The molecule has 0 aliphatic rings. The van der Waals surface area contributed by atoms with E-state index in [-0.39, 0.29) is 11.6 Å². The minimum Gasteiger partial charge on any atom is -0.325 e. The first-order valence-corrected chi connectivity index (χ1v) is 14.8. The molecule has 0 spiro atoms. The zero-order valence-corrected chi connectivity index (χ0v) is 24.8. The number of nitrogens with one attached hydrogen (secondary N) is 3. The zero-order chi connectivity index (χ0) is 30.7. The van der Waals surface area contributed by atoms with Crippen LogP contribution in [0.4, 0.5) is 11.4 Å². The molecule has 3 amide bonds. The summed E-state index contributed by atoms with van der Waals surface area (Å²) in [5.41, 5.74) is 4.32. The summed E-state index contributed by atoms with van der Waals surface area (Å²) in [5, 5.41) is 8.15. The van der Waals surface area contributed by atoms with E-state index in [0.717, 1.165) is 21.7 Å². The fourth-order valence-electron chi connectivity index (χ4n) is 4.33. The van der Waals surface area contributed by atoms with E-state index in [0.29, 0.717) is 16.8 Å². The molecule has 7 nitrogen and oxygen atoms in total. The van der Waals surface area contributed by atoms with Crippen molar-refractivity contribution in [1.29, 1.82) is 0 Å². The Morgan fingerprint density at radius 3 is 2.11 bits per heavy atom. The highest BCUT2D eigenvalue weighted by Gasteiger charge is 2.23. The molecule has 1 aromatic heterocycles. The first-order chi connectivity index (χ1) is 21.5. The number of rotatable bonds is 10. The molecule has 1 heterocycles. The molecule has 0 bridgehead atoms. The summed E-state index contributed by atoms with van der Waals surface area (Å²) in [4.78, 5) is 44.6. The Labute approximate surface area is 260 Å². The predicted octanol–water partition coefficient (Wildman–Crippen LogP) is 7.27. The Kier molecular flexibility index (Phi) is 9.97. The number of carbonyl (C=O) groups is 3. The average molecular weight is 599 g/mol. The number of carbonyl (C=O) groups excluding carboxylic acids is 3. The number of aromatic nitrogens is 1. The van der Waals surface area contributed by atoms with Crippen LogP contribution in [0.3, 0.4) is 0 Å². The lowest BCUT2D eigenvalue weighted by atomic mass is 10.1. The normalized spacial score (nSPS) is 11.7. The monoisotopic (exact) mass is 598 g/mol. The van der Waals surface area contributed by atoms with Crippen molar-refractivity contribution in [1.82, 2.24) is 10.3 Å². The van der Waals surface area contributed by atoms with Gasteiger partial charge in [-0.2, -0.15) is 0 Å². The van der Waals surface area contributed by atoms with Crippen molar-refractivity contribution >= 4 is 46.9 Å². The number of anilines is 2. The maximum Gasteiger partial charge on any atom is 0.272 e. The number of para-hydroxylation sites is 1. The van der Waals surface area contributed by atoms with Crippen LogP contribution in [0.25, 0.3) is 6.08 Å². The van der Waals surface area contributed by atoms with Crippen LogP contribution in [0, 0.1) is 6.92 Å². The van der Waals surface area contributed by atoms with Crippen molar-refractivity contribution in [3.8, 4) is 0 Å². The number of aryl methyl sites for hydroxylation is 1. The lowest BCUT2D eigenvalue weighted by molar-refractivity contribution is -0.116. The van der Waals surface area contributed by atoms with Gasteiger partial charge in [-0.15, -0.1) is 11.8 Å². The highest BCUT2D eigenvalue weighted by molar-refractivity contribution is 8.00. The largest absolute Gasteiger partial charge is 0.325 e. The van der Waals surface area contributed by atoms with Gasteiger partial charge in [-0.05, 0) is 78.2 Å². The highest BCUT2D eigenvalue weighted by atomic mass is 32.2. The fraction of sp³-hybridized carbons (Fsp3) is 0.0556. The number of hydrogen-bond acceptors (Lipinski definition) is 5. The van der Waals surface area contributed by atoms with Crippen molar-refractivity contribution in [2.24, 2.45) is 0 Å². The van der Waals surface area contributed by atoms with E-state index in [1.807, 2.05) is 79.7 Å². The van der Waals surface area contributed by atoms with Crippen LogP contribution < -0.4 is 16.0 Å². The molecule has 0 radical (unpaired) electrons. The van der Waals surface area contributed by atoms with Gasteiger partial charge in [0.15, 0.2) is 0 Å². The van der Waals surface area contributed by atoms with Crippen molar-refractivity contribution < 1.29 is 14.4 Å². The summed E-state index contributed by atoms with van der Waals surface area (Å²) in [7, 11) is 0. The molecule has 5 rings (SSSR count). The van der Waals surface area contributed by atoms with Crippen molar-refractivity contribution in [2.75, 3.05) is 10.6 Å². The van der Waals surface area contributed by atoms with Crippen LogP contribution in [-0.4, -0.2) is 22.7 Å². The molecule has 0 saturated carbocycles. The van der Waals surface area contributed by atoms with Gasteiger partial charge in [-0.25, -0.2) is 0 Å². The lowest BCUT2D eigenvalue weighted by Gasteiger charge is -2.18. The maximum absolute atomic E-state index is 13.5. The Morgan fingerprint density at radius 2 is 1.43 bits per heavy atom. The summed E-state index contributed by atoms with van der Waals surface area (Å²) in [5.74, 6) is -1.02. The molecule has 0 saturated heterocycles. The molecule has 3 N–H and O–H groups in total. The third-order valence-corrected chi connectivity index (χ3v) is 7.90. The zero-order valence-electron chi connectivity index (χ0n) is 23.9. The summed E-state index contributed by atoms with van der Waals surface area (Å²) in [6.07, 6.45) is 4.81. The summed E-state index contributed by atoms with van der Waals surface area (Å²) in [6, 6.07) is 36.7. The second-order valence-electron chi connectivity index (χ2n) is 9.86. The van der Waals surface area contributed by atoms with Crippen molar-refractivity contribution in [3.05, 3.63) is 162 Å². The SMILES string of the molecule is Cc1ccccc1NC(=O)C(Sc1ccc(NC(=O)/C(=C/c2cccnc2)NC(=O)c2ccccc2)cc1)c1ccccc1. The van der Waals surface area contributed by atoms with E-state index in [1.165, 1.54) is 11.8 Å². The molecule has 0 aliphatic carbocycles. The quantitative estimate of drug-likeness (QED) is 0.116. The minimum absolute atomic E-state index is 0.0716. The molecular weight excluding hydrogens is 568 g/mol. The smallest absolute Gasteiger partial charge is 0.272 e. The molecule has 4 aromatic carbocycles. The first kappa shape index (κ1) is 30.0. The van der Waals surface area contributed by atoms with Gasteiger partial charge in [0.05, 0.1) is 0 Å². The fourth-order valence-corrected chi connectivity index (χ4v) is 5.36. The number of amides is 3. The van der Waals surface area contributed by atoms with Crippen LogP contribution in [-0.2, 0) is 9.59 Å². The van der Waals surface area contributed by atoms with Gasteiger partial charge in [-0.3, -0.25) is 19.4 Å². The van der Waals surface area contributed by atoms with Crippen LogP contribution in [0.2, 0.25) is 0 Å². The second-order valence-corrected chi connectivity index (χ2v) is 11.0. The number of hydrogen-bond donors (Lipinski definition) is 3. The Hall–Kier alpha value is -5.47. The van der Waals surface area contributed by atoms with E-state index in [4.69, 9.17) is 0 Å². The number of nitrogens with zero attached hydrogens (tertiary/aromatic N) is 1. The Morgan fingerprint density at radius 1 is 0.750 bits per heavy atom. The second kappa shape index (κ2) is 14.6. The van der Waals surface area contributed by atoms with Crippen LogP contribution in [0.1, 0.15) is 32.3 Å². The third kappa shape index (κ3) is 8.08. The maximum atomic E-state index is 13.5. The number of benzene rings is 4. The Bertz CT molecular complexity index is 1760. The Balaban J connectivity index is 1.32. The van der Waals surface area contributed by atoms with Gasteiger partial charge in [-0.1, -0.05) is 72.8 Å². The molecule has 1 unspecified atom stereocenters. The van der Waals surface area contributed by atoms with Gasteiger partial charge < -0.3 is 16.0 Å². The van der Waals surface area contributed by atoms with E-state index >= 15 is 0 Å². The molecular formula is C36H30N4O3S. The van der Waals surface area contributed by atoms with Gasteiger partial charge in [0, 0.05) is 34.2 Å². The molecule has 44 heavy (non-hydrogen) atoms. The van der Waals surface area contributed by atoms with E-state index in [1.54, 1.807) is 67.0 Å². The highest BCUT2D eigenvalue weighted by Crippen LogP contribution is 2.37. The number of thioether (sulfide) groups is 1. The molecule has 0 fully saturated rings. The summed E-state index contributed by atoms with van der Waals surface area (Å²) in [6.45, 7) is 1.96. The van der Waals surface area contributed by atoms with Gasteiger partial charge in [0.2, 0.25) is 5.91 Å². The van der Waals surface area contributed by atoms with Crippen LogP contribution >= 0.6 is 11.8 Å². The predicted molar refractivity (Wildman–Crippen MR) is 176 cm³/mol. The van der Waals surface area contributed by atoms with Crippen molar-refractivity contribution in [2.45, 2.75) is 17.1 Å². The lowest BCUT2D eigenvalue weighted by Crippen LogP contribution is -2.30. The van der Waals surface area contributed by atoms with E-state index in [2.05, 4.69) is 20.9 Å². The minimum atomic E-state index is -0.501. The molecule has 218 valence electrons. The molecule has 5 aromatic rings. The number of pyridine rings is 1. The standard InChI is InChI=1S/C36H30N4O3S/c1-25-11-8-9-17-31(25)39-36(43)33(27-13-4-2-5-14-27)44-30-20-18-29(19-21-30)38-35(42)32(23-26-12-10-22-37-24-26)40-34(41)28-15-6-3-7-16-28/h2-24,33H,1H3,(H,38,42)(H,39,43)(H,40,41)/b32-23-. The third-order valence-electron chi connectivity index (χ3n) is 6.63.